The van der Waals surface area contributed by atoms with Gasteiger partial charge < -0.3 is 5.32 Å². The third-order valence-electron chi connectivity index (χ3n) is 3.56. The van der Waals surface area contributed by atoms with E-state index in [0.717, 1.165) is 27.5 Å². The summed E-state index contributed by atoms with van der Waals surface area (Å²) in [5, 5.41) is 6.54. The van der Waals surface area contributed by atoms with Crippen LogP contribution in [-0.4, -0.2) is 15.9 Å². The molecule has 1 aromatic carbocycles. The van der Waals surface area contributed by atoms with Crippen LogP contribution < -0.4 is 5.32 Å². The van der Waals surface area contributed by atoms with E-state index < -0.39 is 0 Å². The number of anilines is 1. The number of halogens is 1. The lowest BCUT2D eigenvalue weighted by Gasteiger charge is -2.08. The van der Waals surface area contributed by atoms with Gasteiger partial charge >= 0.3 is 0 Å². The molecule has 1 amide bonds. The second-order valence-electron chi connectivity index (χ2n) is 5.37. The van der Waals surface area contributed by atoms with Gasteiger partial charge in [-0.2, -0.15) is 0 Å². The number of benzene rings is 1. The average Bonchev–Trinajstić information content (AvgIpc) is 3.05. The van der Waals surface area contributed by atoms with Gasteiger partial charge in [-0.1, -0.05) is 11.6 Å². The molecule has 24 heavy (non-hydrogen) atoms. The highest BCUT2D eigenvalue weighted by atomic mass is 35.5. The number of hydrogen-bond acceptors (Lipinski definition) is 4. The normalized spacial score (nSPS) is 10.6. The van der Waals surface area contributed by atoms with Crippen molar-refractivity contribution in [2.24, 2.45) is 0 Å². The molecule has 0 fully saturated rings. The molecule has 0 saturated carbocycles. The molecule has 0 bridgehead atoms. The Labute approximate surface area is 149 Å². The molecule has 0 spiro atoms. The molecule has 0 atom stereocenters. The van der Waals surface area contributed by atoms with Crippen molar-refractivity contribution >= 4 is 34.5 Å². The largest absolute Gasteiger partial charge is 0.326 e. The molecular formula is C18H16ClN3OS. The molecule has 3 rings (SSSR count). The summed E-state index contributed by atoms with van der Waals surface area (Å²) in [5.41, 5.74) is 3.70. The lowest BCUT2D eigenvalue weighted by molar-refractivity contribution is -0.116. The maximum absolute atomic E-state index is 12.1. The fraction of sp³-hybridized carbons (Fsp3) is 0.167. The molecule has 2 heterocycles. The third kappa shape index (κ3) is 4.19. The molecule has 0 unspecified atom stereocenters. The number of hydrogen-bond donors (Lipinski definition) is 1. The molecule has 0 aliphatic heterocycles. The van der Waals surface area contributed by atoms with E-state index in [0.29, 0.717) is 17.9 Å². The molecule has 122 valence electrons. The van der Waals surface area contributed by atoms with E-state index in [9.17, 15) is 4.79 Å². The highest BCUT2D eigenvalue weighted by molar-refractivity contribution is 7.09. The van der Waals surface area contributed by atoms with Crippen LogP contribution in [0.3, 0.4) is 0 Å². The predicted octanol–water partition coefficient (Wildman–Crippen LogP) is 4.74. The average molecular weight is 358 g/mol. The molecule has 4 nitrogen and oxygen atoms in total. The minimum absolute atomic E-state index is 0.0268. The summed E-state index contributed by atoms with van der Waals surface area (Å²) >= 11 is 7.49. The van der Waals surface area contributed by atoms with E-state index >= 15 is 0 Å². The van der Waals surface area contributed by atoms with E-state index in [-0.39, 0.29) is 5.91 Å². The van der Waals surface area contributed by atoms with Crippen molar-refractivity contribution < 1.29 is 4.79 Å². The molecule has 2 aromatic heterocycles. The Morgan fingerprint density at radius 1 is 1.25 bits per heavy atom. The molecule has 0 aliphatic carbocycles. The molecule has 0 aliphatic rings. The SMILES string of the molecule is Cc1cc(Cl)ccc1NC(=O)CCc1nc(-c2ccncc2)cs1. The van der Waals surface area contributed by atoms with E-state index in [2.05, 4.69) is 15.3 Å². The Bertz CT molecular complexity index is 848. The van der Waals surface area contributed by atoms with Crippen LogP contribution in [0.15, 0.2) is 48.1 Å². The van der Waals surface area contributed by atoms with Gasteiger partial charge in [0.15, 0.2) is 0 Å². The summed E-state index contributed by atoms with van der Waals surface area (Å²) in [6, 6.07) is 9.27. The van der Waals surface area contributed by atoms with Gasteiger partial charge in [0.05, 0.1) is 10.7 Å². The van der Waals surface area contributed by atoms with Crippen molar-refractivity contribution in [3.8, 4) is 11.3 Å². The number of nitrogens with one attached hydrogen (secondary N) is 1. The molecule has 6 heteroatoms. The first-order valence-electron chi connectivity index (χ1n) is 7.52. The Morgan fingerprint density at radius 3 is 2.79 bits per heavy atom. The van der Waals surface area contributed by atoms with Crippen molar-refractivity contribution in [2.45, 2.75) is 19.8 Å². The van der Waals surface area contributed by atoms with Gasteiger partial charge in [-0.25, -0.2) is 4.98 Å². The highest BCUT2D eigenvalue weighted by Crippen LogP contribution is 2.23. The Morgan fingerprint density at radius 2 is 2.04 bits per heavy atom. The fourth-order valence-corrected chi connectivity index (χ4v) is 3.32. The topological polar surface area (TPSA) is 54.9 Å². The van der Waals surface area contributed by atoms with Crippen LogP contribution in [0.2, 0.25) is 5.02 Å². The van der Waals surface area contributed by atoms with Crippen molar-refractivity contribution in [3.05, 3.63) is 63.7 Å². The first-order valence-corrected chi connectivity index (χ1v) is 8.78. The summed E-state index contributed by atoms with van der Waals surface area (Å²) in [6.07, 6.45) is 4.51. The van der Waals surface area contributed by atoms with Crippen LogP contribution >= 0.6 is 22.9 Å². The van der Waals surface area contributed by atoms with E-state index in [1.807, 2.05) is 36.6 Å². The van der Waals surface area contributed by atoms with Gasteiger partial charge in [0, 0.05) is 46.9 Å². The van der Waals surface area contributed by atoms with E-state index in [1.54, 1.807) is 29.8 Å². The molecule has 0 saturated heterocycles. The van der Waals surface area contributed by atoms with Crippen molar-refractivity contribution in [1.82, 2.24) is 9.97 Å². The third-order valence-corrected chi connectivity index (χ3v) is 4.70. The van der Waals surface area contributed by atoms with Crippen LogP contribution in [0.25, 0.3) is 11.3 Å². The van der Waals surface area contributed by atoms with Crippen molar-refractivity contribution in [3.63, 3.8) is 0 Å². The van der Waals surface area contributed by atoms with Gasteiger partial charge in [-0.15, -0.1) is 11.3 Å². The van der Waals surface area contributed by atoms with Gasteiger partial charge in [0.2, 0.25) is 5.91 Å². The predicted molar refractivity (Wildman–Crippen MR) is 98.5 cm³/mol. The summed E-state index contributed by atoms with van der Waals surface area (Å²) in [6.45, 7) is 1.92. The maximum atomic E-state index is 12.1. The molecular weight excluding hydrogens is 342 g/mol. The van der Waals surface area contributed by atoms with Crippen molar-refractivity contribution in [1.29, 1.82) is 0 Å². The quantitative estimate of drug-likeness (QED) is 0.717. The minimum Gasteiger partial charge on any atom is -0.326 e. The van der Waals surface area contributed by atoms with Crippen LogP contribution in [0, 0.1) is 6.92 Å². The summed E-state index contributed by atoms with van der Waals surface area (Å²) in [5.74, 6) is -0.0268. The summed E-state index contributed by atoms with van der Waals surface area (Å²) in [4.78, 5) is 20.7. The zero-order valence-corrected chi connectivity index (χ0v) is 14.7. The lowest BCUT2D eigenvalue weighted by atomic mass is 10.2. The maximum Gasteiger partial charge on any atom is 0.224 e. The number of rotatable bonds is 5. The highest BCUT2D eigenvalue weighted by Gasteiger charge is 2.09. The number of pyridine rings is 1. The van der Waals surface area contributed by atoms with Gasteiger partial charge in [-0.3, -0.25) is 9.78 Å². The number of nitrogens with zero attached hydrogens (tertiary/aromatic N) is 2. The summed E-state index contributed by atoms with van der Waals surface area (Å²) in [7, 11) is 0. The fourth-order valence-electron chi connectivity index (χ4n) is 2.28. The van der Waals surface area contributed by atoms with Crippen LogP contribution in [0.4, 0.5) is 5.69 Å². The number of aryl methyl sites for hydroxylation is 2. The monoisotopic (exact) mass is 357 g/mol. The smallest absolute Gasteiger partial charge is 0.224 e. The number of amides is 1. The van der Waals surface area contributed by atoms with Crippen LogP contribution in [-0.2, 0) is 11.2 Å². The zero-order valence-electron chi connectivity index (χ0n) is 13.1. The van der Waals surface area contributed by atoms with Crippen LogP contribution in [0.1, 0.15) is 17.0 Å². The Hall–Kier alpha value is -2.24. The minimum atomic E-state index is -0.0268. The second-order valence-corrected chi connectivity index (χ2v) is 6.75. The second kappa shape index (κ2) is 7.55. The van der Waals surface area contributed by atoms with E-state index in [1.165, 1.54) is 0 Å². The van der Waals surface area contributed by atoms with Crippen LogP contribution in [0.5, 0.6) is 0 Å². The zero-order chi connectivity index (χ0) is 16.9. The number of aromatic nitrogens is 2. The van der Waals surface area contributed by atoms with Gasteiger partial charge in [0.1, 0.15) is 0 Å². The molecule has 1 N–H and O–H groups in total. The first kappa shape index (κ1) is 16.6. The molecule has 0 radical (unpaired) electrons. The Kier molecular flexibility index (Phi) is 5.23. The lowest BCUT2D eigenvalue weighted by Crippen LogP contribution is -2.13. The number of carbonyl (C=O) groups excluding carboxylic acids is 1. The first-order chi connectivity index (χ1) is 11.6. The van der Waals surface area contributed by atoms with Crippen molar-refractivity contribution in [2.75, 3.05) is 5.32 Å². The van der Waals surface area contributed by atoms with Gasteiger partial charge in [-0.05, 0) is 42.8 Å². The van der Waals surface area contributed by atoms with E-state index in [4.69, 9.17) is 11.6 Å². The Balaban J connectivity index is 1.58. The summed E-state index contributed by atoms with van der Waals surface area (Å²) < 4.78 is 0. The number of carbonyl (C=O) groups is 1. The molecule has 3 aromatic rings. The number of thiazole rings is 1. The standard InChI is InChI=1S/C18H16ClN3OS/c1-12-10-14(19)2-3-15(12)21-17(23)4-5-18-22-16(11-24-18)13-6-8-20-9-7-13/h2-3,6-11H,4-5H2,1H3,(H,21,23). The van der Waals surface area contributed by atoms with Gasteiger partial charge in [0.25, 0.3) is 0 Å².